The van der Waals surface area contributed by atoms with Gasteiger partial charge in [0.05, 0.1) is 6.04 Å². The van der Waals surface area contributed by atoms with Crippen molar-refractivity contribution in [2.45, 2.75) is 17.8 Å². The lowest BCUT2D eigenvalue weighted by molar-refractivity contribution is -0.123. The van der Waals surface area contributed by atoms with Crippen LogP contribution in [0.5, 0.6) is 0 Å². The lowest BCUT2D eigenvalue weighted by Gasteiger charge is -2.24. The molecule has 2 atom stereocenters. The van der Waals surface area contributed by atoms with Crippen LogP contribution in [0, 0.1) is 11.6 Å². The zero-order chi connectivity index (χ0) is 17.0. The molecule has 2 rings (SSSR count). The van der Waals surface area contributed by atoms with Crippen LogP contribution >= 0.6 is 11.8 Å². The molecular formula is C14H16F2N2O4S. The van der Waals surface area contributed by atoms with Crippen LogP contribution in [0.4, 0.5) is 13.6 Å². The molecule has 9 heteroatoms. The van der Waals surface area contributed by atoms with Crippen LogP contribution in [0.1, 0.15) is 18.0 Å². The van der Waals surface area contributed by atoms with Crippen molar-refractivity contribution in [2.24, 2.45) is 0 Å². The van der Waals surface area contributed by atoms with Crippen LogP contribution in [0.2, 0.25) is 0 Å². The Morgan fingerprint density at radius 2 is 2.04 bits per heavy atom. The standard InChI is InChI=1S/C14H16F2N2O4S/c15-8-2-1-3-9(16)11(8)10(4-6-19)17-12(20)13-18(14(21)22)5-7-23-13/h1-3,10,13,19H,4-7H2,(H,17,20)(H,21,22)/t10-,13-/m0/s1. The maximum absolute atomic E-state index is 13.9. The summed E-state index contributed by atoms with van der Waals surface area (Å²) in [7, 11) is 0. The minimum Gasteiger partial charge on any atom is -0.465 e. The predicted octanol–water partition coefficient (Wildman–Crippen LogP) is 1.56. The number of carbonyl (C=O) groups excluding carboxylic acids is 1. The molecule has 23 heavy (non-hydrogen) atoms. The maximum Gasteiger partial charge on any atom is 0.408 e. The number of halogens is 2. The first-order valence-corrected chi connectivity index (χ1v) is 7.97. The summed E-state index contributed by atoms with van der Waals surface area (Å²) in [6, 6.07) is 2.24. The lowest BCUT2D eigenvalue weighted by atomic mass is 10.0. The maximum atomic E-state index is 13.9. The van der Waals surface area contributed by atoms with Crippen LogP contribution in [0.25, 0.3) is 0 Å². The van der Waals surface area contributed by atoms with Crippen molar-refractivity contribution >= 4 is 23.8 Å². The van der Waals surface area contributed by atoms with Gasteiger partial charge in [-0.15, -0.1) is 11.8 Å². The highest BCUT2D eigenvalue weighted by Crippen LogP contribution is 2.27. The Kier molecular flexibility index (Phi) is 5.78. The van der Waals surface area contributed by atoms with Gasteiger partial charge >= 0.3 is 6.09 Å². The fourth-order valence-electron chi connectivity index (χ4n) is 2.39. The third-order valence-corrected chi connectivity index (χ3v) is 4.65. The van der Waals surface area contributed by atoms with E-state index >= 15 is 0 Å². The molecule has 1 aliphatic heterocycles. The summed E-state index contributed by atoms with van der Waals surface area (Å²) < 4.78 is 27.7. The molecule has 0 aromatic heterocycles. The van der Waals surface area contributed by atoms with Gasteiger partial charge in [-0.1, -0.05) is 6.07 Å². The third kappa shape index (κ3) is 3.91. The average Bonchev–Trinajstić information content (AvgIpc) is 2.97. The second-order valence-corrected chi connectivity index (χ2v) is 6.10. The molecule has 1 aromatic carbocycles. The number of carbonyl (C=O) groups is 2. The summed E-state index contributed by atoms with van der Waals surface area (Å²) in [4.78, 5) is 24.3. The second-order valence-electron chi connectivity index (χ2n) is 4.91. The first-order valence-electron chi connectivity index (χ1n) is 6.92. The Morgan fingerprint density at radius 3 is 2.61 bits per heavy atom. The first kappa shape index (κ1) is 17.5. The van der Waals surface area contributed by atoms with Crippen molar-refractivity contribution < 1.29 is 28.6 Å². The molecule has 1 aromatic rings. The molecule has 0 bridgehead atoms. The van der Waals surface area contributed by atoms with E-state index in [1.54, 1.807) is 0 Å². The molecule has 1 heterocycles. The molecule has 0 aliphatic carbocycles. The van der Waals surface area contributed by atoms with E-state index < -0.39 is 35.1 Å². The Bertz CT molecular complexity index is 582. The summed E-state index contributed by atoms with van der Waals surface area (Å²) in [5.74, 6) is -1.87. The zero-order valence-electron chi connectivity index (χ0n) is 12.0. The van der Waals surface area contributed by atoms with Gasteiger partial charge in [-0.25, -0.2) is 13.6 Å². The summed E-state index contributed by atoms with van der Waals surface area (Å²) in [5, 5.41) is 19.6. The molecule has 0 radical (unpaired) electrons. The summed E-state index contributed by atoms with van der Waals surface area (Å²) in [6.07, 6.45) is -1.32. The molecule has 1 aliphatic rings. The van der Waals surface area contributed by atoms with E-state index in [0.717, 1.165) is 28.8 Å². The number of aliphatic hydroxyl groups excluding tert-OH is 1. The van der Waals surface area contributed by atoms with Crippen molar-refractivity contribution in [3.8, 4) is 0 Å². The van der Waals surface area contributed by atoms with Gasteiger partial charge in [0.25, 0.3) is 5.91 Å². The van der Waals surface area contributed by atoms with Crippen molar-refractivity contribution in [2.75, 3.05) is 18.9 Å². The summed E-state index contributed by atoms with van der Waals surface area (Å²) in [6.45, 7) is -0.185. The number of carboxylic acid groups (broad SMARTS) is 1. The Balaban J connectivity index is 2.19. The summed E-state index contributed by atoms with van der Waals surface area (Å²) in [5.41, 5.74) is -0.347. The zero-order valence-corrected chi connectivity index (χ0v) is 12.9. The smallest absolute Gasteiger partial charge is 0.408 e. The monoisotopic (exact) mass is 346 g/mol. The molecule has 1 saturated heterocycles. The quantitative estimate of drug-likeness (QED) is 0.753. The largest absolute Gasteiger partial charge is 0.465 e. The molecule has 3 N–H and O–H groups in total. The average molecular weight is 346 g/mol. The van der Waals surface area contributed by atoms with E-state index in [0.29, 0.717) is 5.75 Å². The van der Waals surface area contributed by atoms with E-state index in [1.807, 2.05) is 0 Å². The normalized spacial score (nSPS) is 18.7. The molecule has 2 amide bonds. The van der Waals surface area contributed by atoms with Crippen molar-refractivity contribution in [1.82, 2.24) is 10.2 Å². The fraction of sp³-hybridized carbons (Fsp3) is 0.429. The molecule has 0 unspecified atom stereocenters. The van der Waals surface area contributed by atoms with Gasteiger partial charge in [0.15, 0.2) is 5.37 Å². The van der Waals surface area contributed by atoms with Crippen LogP contribution in [-0.4, -0.2) is 51.4 Å². The van der Waals surface area contributed by atoms with Gasteiger partial charge in [0.1, 0.15) is 11.6 Å². The third-order valence-electron chi connectivity index (χ3n) is 3.44. The van der Waals surface area contributed by atoms with E-state index in [4.69, 9.17) is 10.2 Å². The fourth-order valence-corrected chi connectivity index (χ4v) is 3.51. The van der Waals surface area contributed by atoms with Crippen molar-refractivity contribution in [1.29, 1.82) is 0 Å². The topological polar surface area (TPSA) is 89.9 Å². The van der Waals surface area contributed by atoms with Crippen molar-refractivity contribution in [3.63, 3.8) is 0 Å². The Morgan fingerprint density at radius 1 is 1.39 bits per heavy atom. The van der Waals surface area contributed by atoms with E-state index in [9.17, 15) is 18.4 Å². The molecule has 1 fully saturated rings. The Hall–Kier alpha value is -1.87. The second kappa shape index (κ2) is 7.60. The number of rotatable bonds is 5. The minimum absolute atomic E-state index is 0.0892. The number of benzene rings is 1. The van der Waals surface area contributed by atoms with Gasteiger partial charge in [-0.05, 0) is 18.6 Å². The highest BCUT2D eigenvalue weighted by Gasteiger charge is 2.36. The molecule has 6 nitrogen and oxygen atoms in total. The van der Waals surface area contributed by atoms with Gasteiger partial charge < -0.3 is 15.5 Å². The molecule has 0 spiro atoms. The van der Waals surface area contributed by atoms with E-state index in [1.165, 1.54) is 6.07 Å². The molecule has 0 saturated carbocycles. The SMILES string of the molecule is O=C(N[C@@H](CCO)c1c(F)cccc1F)[C@@H]1SCCN1C(=O)O. The number of aliphatic hydroxyl groups is 1. The van der Waals surface area contributed by atoms with Gasteiger partial charge in [0, 0.05) is 24.5 Å². The number of amides is 2. The first-order chi connectivity index (χ1) is 11.0. The van der Waals surface area contributed by atoms with Crippen LogP contribution in [0.3, 0.4) is 0 Å². The number of thioether (sulfide) groups is 1. The van der Waals surface area contributed by atoms with E-state index in [2.05, 4.69) is 5.32 Å². The van der Waals surface area contributed by atoms with E-state index in [-0.39, 0.29) is 25.1 Å². The highest BCUT2D eigenvalue weighted by atomic mass is 32.2. The van der Waals surface area contributed by atoms with Crippen molar-refractivity contribution in [3.05, 3.63) is 35.4 Å². The van der Waals surface area contributed by atoms with Gasteiger partial charge in [-0.2, -0.15) is 0 Å². The number of nitrogens with one attached hydrogen (secondary N) is 1. The minimum atomic E-state index is -1.23. The predicted molar refractivity (Wildman–Crippen MR) is 79.9 cm³/mol. The van der Waals surface area contributed by atoms with Crippen LogP contribution in [0.15, 0.2) is 18.2 Å². The summed E-state index contributed by atoms with van der Waals surface area (Å²) >= 11 is 1.13. The van der Waals surface area contributed by atoms with Gasteiger partial charge in [0.2, 0.25) is 0 Å². The number of hydrogen-bond acceptors (Lipinski definition) is 4. The highest BCUT2D eigenvalue weighted by molar-refractivity contribution is 8.00. The molecular weight excluding hydrogens is 330 g/mol. The Labute approximate surface area is 135 Å². The number of hydrogen-bond donors (Lipinski definition) is 3. The number of nitrogens with zero attached hydrogens (tertiary/aromatic N) is 1. The van der Waals surface area contributed by atoms with Gasteiger partial charge in [-0.3, -0.25) is 9.69 Å². The van der Waals surface area contributed by atoms with Crippen LogP contribution in [-0.2, 0) is 4.79 Å². The van der Waals surface area contributed by atoms with Crippen LogP contribution < -0.4 is 5.32 Å². The molecule has 126 valence electrons. The lowest BCUT2D eigenvalue weighted by Crippen LogP contribution is -2.45.